The number of amides is 1. The SMILES string of the molecule is O=C(NC[C@@H]1CCN(C/C=C/c2ccccc2)C1)c1ccc[nH]1. The van der Waals surface area contributed by atoms with Crippen molar-refractivity contribution in [2.45, 2.75) is 6.42 Å². The van der Waals surface area contributed by atoms with Gasteiger partial charge in [0.2, 0.25) is 0 Å². The zero-order chi connectivity index (χ0) is 15.9. The average Bonchev–Trinajstić information content (AvgIpc) is 3.26. The van der Waals surface area contributed by atoms with Crippen molar-refractivity contribution in [2.75, 3.05) is 26.2 Å². The van der Waals surface area contributed by atoms with E-state index in [2.05, 4.69) is 51.6 Å². The highest BCUT2D eigenvalue weighted by atomic mass is 16.1. The molecule has 0 bridgehead atoms. The number of hydrogen-bond donors (Lipinski definition) is 2. The van der Waals surface area contributed by atoms with Gasteiger partial charge in [-0.2, -0.15) is 0 Å². The zero-order valence-corrected chi connectivity index (χ0v) is 13.2. The number of benzene rings is 1. The van der Waals surface area contributed by atoms with Crippen molar-refractivity contribution in [1.82, 2.24) is 15.2 Å². The first-order chi connectivity index (χ1) is 11.3. The Kier molecular flexibility index (Phi) is 5.27. The van der Waals surface area contributed by atoms with Gasteiger partial charge < -0.3 is 10.3 Å². The Morgan fingerprint density at radius 3 is 2.91 bits per heavy atom. The molecule has 2 aromatic rings. The van der Waals surface area contributed by atoms with Crippen LogP contribution in [-0.2, 0) is 0 Å². The van der Waals surface area contributed by atoms with Crippen LogP contribution in [0.4, 0.5) is 0 Å². The second-order valence-electron chi connectivity index (χ2n) is 6.02. The van der Waals surface area contributed by atoms with Crippen LogP contribution >= 0.6 is 0 Å². The molecule has 0 unspecified atom stereocenters. The van der Waals surface area contributed by atoms with E-state index in [1.807, 2.05) is 12.1 Å². The number of aromatic nitrogens is 1. The molecular weight excluding hydrogens is 286 g/mol. The molecule has 120 valence electrons. The van der Waals surface area contributed by atoms with Crippen molar-refractivity contribution in [2.24, 2.45) is 5.92 Å². The number of carbonyl (C=O) groups is 1. The fraction of sp³-hybridized carbons (Fsp3) is 0.316. The lowest BCUT2D eigenvalue weighted by atomic mass is 10.1. The highest BCUT2D eigenvalue weighted by molar-refractivity contribution is 5.92. The molecule has 23 heavy (non-hydrogen) atoms. The fourth-order valence-electron chi connectivity index (χ4n) is 2.95. The number of aromatic amines is 1. The predicted molar refractivity (Wildman–Crippen MR) is 93.1 cm³/mol. The summed E-state index contributed by atoms with van der Waals surface area (Å²) in [6.07, 6.45) is 7.30. The maximum absolute atomic E-state index is 11.9. The molecule has 1 aliphatic heterocycles. The van der Waals surface area contributed by atoms with Crippen molar-refractivity contribution in [3.8, 4) is 0 Å². The van der Waals surface area contributed by atoms with Crippen molar-refractivity contribution >= 4 is 12.0 Å². The summed E-state index contributed by atoms with van der Waals surface area (Å²) in [6, 6.07) is 14.0. The predicted octanol–water partition coefficient (Wildman–Crippen LogP) is 2.78. The molecule has 0 radical (unpaired) electrons. The molecule has 2 N–H and O–H groups in total. The highest BCUT2D eigenvalue weighted by Crippen LogP contribution is 2.15. The molecule has 1 fully saturated rings. The first kappa shape index (κ1) is 15.6. The van der Waals surface area contributed by atoms with Crippen LogP contribution in [0.15, 0.2) is 54.7 Å². The number of hydrogen-bond acceptors (Lipinski definition) is 2. The summed E-state index contributed by atoms with van der Waals surface area (Å²) in [5, 5.41) is 3.01. The third-order valence-corrected chi connectivity index (χ3v) is 4.24. The Balaban J connectivity index is 1.39. The standard InChI is InChI=1S/C19H23N3O/c23-19(18-9-4-11-20-18)21-14-17-10-13-22(15-17)12-5-8-16-6-2-1-3-7-16/h1-9,11,17,20H,10,12-15H2,(H,21,23)/b8-5+/t17-/m0/s1. The van der Waals surface area contributed by atoms with E-state index in [4.69, 9.17) is 0 Å². The van der Waals surface area contributed by atoms with E-state index < -0.39 is 0 Å². The van der Waals surface area contributed by atoms with Gasteiger partial charge >= 0.3 is 0 Å². The second-order valence-corrected chi connectivity index (χ2v) is 6.02. The Bertz CT molecular complexity index is 634. The smallest absolute Gasteiger partial charge is 0.267 e. The van der Waals surface area contributed by atoms with E-state index in [-0.39, 0.29) is 5.91 Å². The summed E-state index contributed by atoms with van der Waals surface area (Å²) in [4.78, 5) is 17.3. The third-order valence-electron chi connectivity index (χ3n) is 4.24. The van der Waals surface area contributed by atoms with E-state index in [1.54, 1.807) is 12.3 Å². The van der Waals surface area contributed by atoms with Gasteiger partial charge in [-0.3, -0.25) is 9.69 Å². The van der Waals surface area contributed by atoms with Crippen LogP contribution < -0.4 is 5.32 Å². The first-order valence-corrected chi connectivity index (χ1v) is 8.17. The number of nitrogens with one attached hydrogen (secondary N) is 2. The Morgan fingerprint density at radius 2 is 2.13 bits per heavy atom. The minimum Gasteiger partial charge on any atom is -0.357 e. The zero-order valence-electron chi connectivity index (χ0n) is 13.2. The van der Waals surface area contributed by atoms with E-state index in [1.165, 1.54) is 5.56 Å². The van der Waals surface area contributed by atoms with Gasteiger partial charge in [0.1, 0.15) is 5.69 Å². The summed E-state index contributed by atoms with van der Waals surface area (Å²) in [6.45, 7) is 3.86. The summed E-state index contributed by atoms with van der Waals surface area (Å²) in [5.41, 5.74) is 1.87. The van der Waals surface area contributed by atoms with Crippen molar-refractivity contribution in [1.29, 1.82) is 0 Å². The molecule has 0 spiro atoms. The normalized spacial score (nSPS) is 18.5. The van der Waals surface area contributed by atoms with Gasteiger partial charge in [-0.15, -0.1) is 0 Å². The lowest BCUT2D eigenvalue weighted by Gasteiger charge is -2.14. The van der Waals surface area contributed by atoms with Crippen molar-refractivity contribution < 1.29 is 4.79 Å². The molecule has 0 aliphatic carbocycles. The largest absolute Gasteiger partial charge is 0.357 e. The molecule has 4 heteroatoms. The topological polar surface area (TPSA) is 48.1 Å². The lowest BCUT2D eigenvalue weighted by Crippen LogP contribution is -2.31. The molecular formula is C19H23N3O. The molecule has 1 aromatic heterocycles. The third kappa shape index (κ3) is 4.57. The number of H-pyrrole nitrogens is 1. The Hall–Kier alpha value is -2.33. The quantitative estimate of drug-likeness (QED) is 0.862. The van der Waals surface area contributed by atoms with E-state index >= 15 is 0 Å². The number of likely N-dealkylation sites (tertiary alicyclic amines) is 1. The summed E-state index contributed by atoms with van der Waals surface area (Å²) >= 11 is 0. The average molecular weight is 309 g/mol. The molecule has 2 heterocycles. The molecule has 1 amide bonds. The van der Waals surface area contributed by atoms with Crippen LogP contribution in [0.3, 0.4) is 0 Å². The molecule has 1 atom stereocenters. The number of rotatable bonds is 6. The van der Waals surface area contributed by atoms with Gasteiger partial charge in [0.15, 0.2) is 0 Å². The molecule has 3 rings (SSSR count). The molecule has 1 aliphatic rings. The van der Waals surface area contributed by atoms with Crippen LogP contribution in [0, 0.1) is 5.92 Å². The first-order valence-electron chi connectivity index (χ1n) is 8.17. The maximum Gasteiger partial charge on any atom is 0.267 e. The fourth-order valence-corrected chi connectivity index (χ4v) is 2.95. The maximum atomic E-state index is 11.9. The summed E-state index contributed by atoms with van der Waals surface area (Å²) in [7, 11) is 0. The monoisotopic (exact) mass is 309 g/mol. The van der Waals surface area contributed by atoms with E-state index in [0.717, 1.165) is 32.6 Å². The van der Waals surface area contributed by atoms with E-state index in [9.17, 15) is 4.79 Å². The van der Waals surface area contributed by atoms with Crippen LogP contribution in [-0.4, -0.2) is 42.0 Å². The van der Waals surface area contributed by atoms with Gasteiger partial charge in [0, 0.05) is 25.8 Å². The van der Waals surface area contributed by atoms with Crippen LogP contribution in [0.5, 0.6) is 0 Å². The van der Waals surface area contributed by atoms with E-state index in [0.29, 0.717) is 11.6 Å². The lowest BCUT2D eigenvalue weighted by molar-refractivity contribution is 0.0943. The molecule has 0 saturated carbocycles. The molecule has 4 nitrogen and oxygen atoms in total. The Morgan fingerprint density at radius 1 is 1.26 bits per heavy atom. The van der Waals surface area contributed by atoms with Gasteiger partial charge in [0.05, 0.1) is 0 Å². The van der Waals surface area contributed by atoms with Gasteiger partial charge in [-0.05, 0) is 36.6 Å². The highest BCUT2D eigenvalue weighted by Gasteiger charge is 2.22. The van der Waals surface area contributed by atoms with Crippen LogP contribution in [0.25, 0.3) is 6.08 Å². The molecule has 1 saturated heterocycles. The number of carbonyl (C=O) groups excluding carboxylic acids is 1. The van der Waals surface area contributed by atoms with Crippen LogP contribution in [0.2, 0.25) is 0 Å². The van der Waals surface area contributed by atoms with Crippen molar-refractivity contribution in [3.05, 3.63) is 66.0 Å². The minimum absolute atomic E-state index is 0.0163. The molecule has 1 aromatic carbocycles. The summed E-state index contributed by atoms with van der Waals surface area (Å²) < 4.78 is 0. The van der Waals surface area contributed by atoms with Gasteiger partial charge in [0.25, 0.3) is 5.91 Å². The van der Waals surface area contributed by atoms with Gasteiger partial charge in [-0.1, -0.05) is 42.5 Å². The second kappa shape index (κ2) is 7.79. The van der Waals surface area contributed by atoms with Crippen molar-refractivity contribution in [3.63, 3.8) is 0 Å². The number of nitrogens with zero attached hydrogens (tertiary/aromatic N) is 1. The summed E-state index contributed by atoms with van der Waals surface area (Å²) in [5.74, 6) is 0.525. The van der Waals surface area contributed by atoms with Gasteiger partial charge in [-0.25, -0.2) is 0 Å². The van der Waals surface area contributed by atoms with Crippen LogP contribution in [0.1, 0.15) is 22.5 Å². The minimum atomic E-state index is -0.0163. The Labute approximate surface area is 137 Å².